The van der Waals surface area contributed by atoms with Crippen LogP contribution in [0.2, 0.25) is 0 Å². The average Bonchev–Trinajstić information content (AvgIpc) is 3.41. The Labute approximate surface area is 190 Å². The van der Waals surface area contributed by atoms with E-state index in [9.17, 15) is 0 Å². The first kappa shape index (κ1) is 22.0. The first-order chi connectivity index (χ1) is 14.8. The molecule has 2 aromatic heterocycles. The number of benzene rings is 1. The monoisotopic (exact) mass is 435 g/mol. The van der Waals surface area contributed by atoms with Gasteiger partial charge in [0.2, 0.25) is 5.82 Å². The Hall–Kier alpha value is -2.24. The number of hydrogen-bond donors (Lipinski definition) is 0. The van der Waals surface area contributed by atoms with Crippen LogP contribution in [0.5, 0.6) is 0 Å². The van der Waals surface area contributed by atoms with Gasteiger partial charge in [-0.3, -0.25) is 0 Å². The maximum absolute atomic E-state index is 5.55. The van der Waals surface area contributed by atoms with Gasteiger partial charge in [-0.05, 0) is 68.1 Å². The fourth-order valence-corrected chi connectivity index (χ4v) is 5.56. The van der Waals surface area contributed by atoms with Crippen LogP contribution in [-0.2, 0) is 5.41 Å². The maximum Gasteiger partial charge on any atom is 0.250 e. The standard InChI is InChI=1S/C26H33N3OS/c1-26(2,3)21-14-12-20(13-15-21)25-27-23(30-28-25)17-18-8-10-19(11-9-18)24(29(4)5)22-7-6-16-31-22/h6-7,12-17,19,24H,8-11H2,1-5H3. The van der Waals surface area contributed by atoms with E-state index in [0.29, 0.717) is 23.7 Å². The summed E-state index contributed by atoms with van der Waals surface area (Å²) in [5.41, 5.74) is 3.85. The highest BCUT2D eigenvalue weighted by Gasteiger charge is 2.29. The molecule has 0 aliphatic heterocycles. The summed E-state index contributed by atoms with van der Waals surface area (Å²) in [4.78, 5) is 8.48. The van der Waals surface area contributed by atoms with Crippen molar-refractivity contribution in [3.05, 3.63) is 63.7 Å². The first-order valence-corrected chi connectivity index (χ1v) is 12.0. The summed E-state index contributed by atoms with van der Waals surface area (Å²) in [7, 11) is 4.40. The Morgan fingerprint density at radius 3 is 2.39 bits per heavy atom. The van der Waals surface area contributed by atoms with Crippen molar-refractivity contribution in [2.24, 2.45) is 5.92 Å². The van der Waals surface area contributed by atoms with Crippen LogP contribution >= 0.6 is 11.3 Å². The van der Waals surface area contributed by atoms with Crippen molar-refractivity contribution >= 4 is 17.4 Å². The molecule has 1 fully saturated rings. The van der Waals surface area contributed by atoms with E-state index in [2.05, 4.69) is 97.8 Å². The van der Waals surface area contributed by atoms with Crippen LogP contribution in [-0.4, -0.2) is 29.1 Å². The van der Waals surface area contributed by atoms with Crippen LogP contribution in [0.15, 0.2) is 51.9 Å². The fraction of sp³-hybridized carbons (Fsp3) is 0.462. The molecule has 31 heavy (non-hydrogen) atoms. The van der Waals surface area contributed by atoms with Gasteiger partial charge >= 0.3 is 0 Å². The van der Waals surface area contributed by atoms with E-state index in [4.69, 9.17) is 4.52 Å². The Balaban J connectivity index is 1.41. The number of hydrogen-bond acceptors (Lipinski definition) is 5. The molecule has 1 saturated carbocycles. The molecule has 0 N–H and O–H groups in total. The largest absolute Gasteiger partial charge is 0.334 e. The summed E-state index contributed by atoms with van der Waals surface area (Å²) in [6, 6.07) is 13.4. The molecule has 1 aromatic carbocycles. The average molecular weight is 436 g/mol. The highest BCUT2D eigenvalue weighted by Crippen LogP contribution is 2.40. The van der Waals surface area contributed by atoms with E-state index in [-0.39, 0.29) is 5.41 Å². The van der Waals surface area contributed by atoms with Crippen molar-refractivity contribution in [3.63, 3.8) is 0 Å². The second-order valence-electron chi connectivity index (χ2n) is 9.85. The summed E-state index contributed by atoms with van der Waals surface area (Å²) in [5, 5.41) is 6.39. The van der Waals surface area contributed by atoms with Gasteiger partial charge in [0.05, 0.1) is 0 Å². The Kier molecular flexibility index (Phi) is 6.44. The molecule has 0 radical (unpaired) electrons. The normalized spacial score (nSPS) is 18.4. The van der Waals surface area contributed by atoms with Gasteiger partial charge in [-0.25, -0.2) is 0 Å². The summed E-state index contributed by atoms with van der Waals surface area (Å²) in [6.07, 6.45) is 6.69. The number of allylic oxidation sites excluding steroid dienone is 1. The number of rotatable bonds is 5. The van der Waals surface area contributed by atoms with Gasteiger partial charge in [-0.15, -0.1) is 11.3 Å². The highest BCUT2D eigenvalue weighted by atomic mass is 32.1. The lowest BCUT2D eigenvalue weighted by Crippen LogP contribution is -2.28. The molecular weight excluding hydrogens is 402 g/mol. The van der Waals surface area contributed by atoms with Crippen molar-refractivity contribution in [3.8, 4) is 11.4 Å². The van der Waals surface area contributed by atoms with E-state index >= 15 is 0 Å². The fourth-order valence-electron chi connectivity index (χ4n) is 4.54. The van der Waals surface area contributed by atoms with Gasteiger partial charge in [-0.1, -0.05) is 61.8 Å². The number of nitrogens with zero attached hydrogens (tertiary/aromatic N) is 3. The van der Waals surface area contributed by atoms with Crippen molar-refractivity contribution in [2.75, 3.05) is 14.1 Å². The van der Waals surface area contributed by atoms with Crippen LogP contribution in [0, 0.1) is 5.92 Å². The molecule has 3 aromatic rings. The summed E-state index contributed by atoms with van der Waals surface area (Å²) >= 11 is 1.87. The second-order valence-corrected chi connectivity index (χ2v) is 10.8. The van der Waals surface area contributed by atoms with E-state index in [1.807, 2.05) is 11.3 Å². The Morgan fingerprint density at radius 2 is 1.81 bits per heavy atom. The van der Waals surface area contributed by atoms with Gasteiger partial charge in [-0.2, -0.15) is 4.98 Å². The van der Waals surface area contributed by atoms with Crippen LogP contribution in [0.3, 0.4) is 0 Å². The Bertz CT molecular complexity index is 1000. The highest BCUT2D eigenvalue weighted by molar-refractivity contribution is 7.10. The van der Waals surface area contributed by atoms with Crippen molar-refractivity contribution in [1.29, 1.82) is 0 Å². The van der Waals surface area contributed by atoms with E-state index in [1.54, 1.807) is 0 Å². The summed E-state index contributed by atoms with van der Waals surface area (Å²) < 4.78 is 5.55. The predicted molar refractivity (Wildman–Crippen MR) is 129 cm³/mol. The maximum atomic E-state index is 5.55. The van der Waals surface area contributed by atoms with Gasteiger partial charge in [0.1, 0.15) is 0 Å². The molecule has 164 valence electrons. The molecule has 4 rings (SSSR count). The SMILES string of the molecule is CN(C)C(c1cccs1)C1CCC(=Cc2nc(-c3ccc(C(C)(C)C)cc3)no2)CC1. The van der Waals surface area contributed by atoms with Crippen LogP contribution in [0.25, 0.3) is 17.5 Å². The molecular formula is C26H33N3OS. The lowest BCUT2D eigenvalue weighted by molar-refractivity contribution is 0.187. The van der Waals surface area contributed by atoms with Crippen molar-refractivity contribution in [2.45, 2.75) is 57.9 Å². The van der Waals surface area contributed by atoms with Crippen LogP contribution in [0.1, 0.15) is 68.8 Å². The third-order valence-electron chi connectivity index (χ3n) is 6.29. The summed E-state index contributed by atoms with van der Waals surface area (Å²) in [5.74, 6) is 1.96. The lowest BCUT2D eigenvalue weighted by Gasteiger charge is -2.35. The quantitative estimate of drug-likeness (QED) is 0.434. The summed E-state index contributed by atoms with van der Waals surface area (Å²) in [6.45, 7) is 6.66. The van der Waals surface area contributed by atoms with Gasteiger partial charge < -0.3 is 9.42 Å². The molecule has 1 aliphatic rings. The third-order valence-corrected chi connectivity index (χ3v) is 7.23. The zero-order chi connectivity index (χ0) is 22.0. The molecule has 1 atom stereocenters. The molecule has 5 heteroatoms. The van der Waals surface area contributed by atoms with Crippen LogP contribution in [0.4, 0.5) is 0 Å². The second kappa shape index (κ2) is 9.09. The van der Waals surface area contributed by atoms with E-state index in [1.165, 1.54) is 28.9 Å². The van der Waals surface area contributed by atoms with Crippen LogP contribution < -0.4 is 0 Å². The minimum Gasteiger partial charge on any atom is -0.334 e. The van der Waals surface area contributed by atoms with E-state index < -0.39 is 0 Å². The molecule has 1 aliphatic carbocycles. The zero-order valence-corrected chi connectivity index (χ0v) is 20.1. The van der Waals surface area contributed by atoms with Gasteiger partial charge in [0.25, 0.3) is 5.89 Å². The zero-order valence-electron chi connectivity index (χ0n) is 19.3. The first-order valence-electron chi connectivity index (χ1n) is 11.1. The number of thiophene rings is 1. The Morgan fingerprint density at radius 1 is 1.10 bits per heavy atom. The third kappa shape index (κ3) is 5.16. The van der Waals surface area contributed by atoms with Gasteiger partial charge in [0, 0.05) is 22.6 Å². The van der Waals surface area contributed by atoms with Crippen molar-refractivity contribution in [1.82, 2.24) is 15.0 Å². The molecule has 0 saturated heterocycles. The van der Waals surface area contributed by atoms with Gasteiger partial charge in [0.15, 0.2) is 0 Å². The lowest BCUT2D eigenvalue weighted by atomic mass is 9.80. The predicted octanol–water partition coefficient (Wildman–Crippen LogP) is 6.97. The minimum atomic E-state index is 0.138. The molecule has 0 amide bonds. The minimum absolute atomic E-state index is 0.138. The molecule has 4 nitrogen and oxygen atoms in total. The molecule has 1 unspecified atom stereocenters. The van der Waals surface area contributed by atoms with E-state index in [0.717, 1.165) is 18.4 Å². The molecule has 0 bridgehead atoms. The molecule has 2 heterocycles. The number of aromatic nitrogens is 2. The topological polar surface area (TPSA) is 42.2 Å². The molecule has 0 spiro atoms. The van der Waals surface area contributed by atoms with Crippen molar-refractivity contribution < 1.29 is 4.52 Å². The smallest absolute Gasteiger partial charge is 0.250 e.